The molecule has 0 saturated carbocycles. The molecule has 3 heterocycles. The molecule has 1 aliphatic heterocycles. The fourth-order valence-electron chi connectivity index (χ4n) is 3.28. The van der Waals surface area contributed by atoms with E-state index in [1.165, 1.54) is 7.11 Å². The summed E-state index contributed by atoms with van der Waals surface area (Å²) in [5, 5.41) is 13.9. The number of aliphatic hydroxyl groups is 1. The topological polar surface area (TPSA) is 80.5 Å². The largest absolute Gasteiger partial charge is 0.481 e. The third-order valence-electron chi connectivity index (χ3n) is 4.50. The van der Waals surface area contributed by atoms with Crippen LogP contribution in [0.25, 0.3) is 0 Å². The van der Waals surface area contributed by atoms with Crippen LogP contribution in [0.3, 0.4) is 0 Å². The Labute approximate surface area is 140 Å². The van der Waals surface area contributed by atoms with E-state index in [1.807, 2.05) is 20.2 Å². The van der Waals surface area contributed by atoms with Crippen molar-refractivity contribution in [3.63, 3.8) is 0 Å². The van der Waals surface area contributed by atoms with Crippen LogP contribution in [0.2, 0.25) is 0 Å². The fourth-order valence-corrected chi connectivity index (χ4v) is 3.28. The number of carbonyl (C=O) groups excluding carboxylic acids is 1. The van der Waals surface area contributed by atoms with Crippen molar-refractivity contribution in [2.24, 2.45) is 13.0 Å². The molecule has 1 amide bonds. The van der Waals surface area contributed by atoms with Gasteiger partial charge in [0.05, 0.1) is 13.3 Å². The summed E-state index contributed by atoms with van der Waals surface area (Å²) >= 11 is 0. The van der Waals surface area contributed by atoms with Crippen LogP contribution in [0.15, 0.2) is 24.5 Å². The zero-order valence-electron chi connectivity index (χ0n) is 14.1. The number of aryl methyl sites for hydroxylation is 2. The number of hydrogen-bond donors (Lipinski definition) is 1. The van der Waals surface area contributed by atoms with Gasteiger partial charge >= 0.3 is 0 Å². The molecule has 1 aliphatic rings. The second-order valence-electron chi connectivity index (χ2n) is 6.25. The Morgan fingerprint density at radius 3 is 2.83 bits per heavy atom. The van der Waals surface area contributed by atoms with E-state index < -0.39 is 0 Å². The van der Waals surface area contributed by atoms with Crippen molar-refractivity contribution in [3.05, 3.63) is 41.3 Å². The molecule has 0 aliphatic carbocycles. The van der Waals surface area contributed by atoms with Crippen LogP contribution >= 0.6 is 0 Å². The van der Waals surface area contributed by atoms with Crippen LogP contribution in [0.1, 0.15) is 27.5 Å². The van der Waals surface area contributed by atoms with Gasteiger partial charge in [0.25, 0.3) is 5.91 Å². The van der Waals surface area contributed by atoms with Gasteiger partial charge in [-0.05, 0) is 18.6 Å². The second-order valence-corrected chi connectivity index (χ2v) is 6.25. The summed E-state index contributed by atoms with van der Waals surface area (Å²) in [6.07, 6.45) is 3.75. The molecule has 0 bridgehead atoms. The van der Waals surface area contributed by atoms with Crippen LogP contribution in [0.4, 0.5) is 0 Å². The molecule has 7 nitrogen and oxygen atoms in total. The molecule has 2 atom stereocenters. The SMILES string of the molecule is COc1cc(C(=O)N2C[C@@H](CO)[C@H](c3cnn(C)c3)C2)cc(C)n1. The first-order valence-corrected chi connectivity index (χ1v) is 7.93. The number of nitrogens with zero attached hydrogens (tertiary/aromatic N) is 4. The quantitative estimate of drug-likeness (QED) is 0.904. The first-order valence-electron chi connectivity index (χ1n) is 7.93. The first kappa shape index (κ1) is 16.4. The lowest BCUT2D eigenvalue weighted by Gasteiger charge is -2.17. The summed E-state index contributed by atoms with van der Waals surface area (Å²) in [7, 11) is 3.40. The summed E-state index contributed by atoms with van der Waals surface area (Å²) in [5.41, 5.74) is 2.35. The maximum atomic E-state index is 12.9. The van der Waals surface area contributed by atoms with Crippen LogP contribution in [0.5, 0.6) is 5.88 Å². The highest BCUT2D eigenvalue weighted by Gasteiger charge is 2.36. The highest BCUT2D eigenvalue weighted by Crippen LogP contribution is 2.33. The van der Waals surface area contributed by atoms with Crippen LogP contribution in [-0.4, -0.2) is 57.5 Å². The number of aliphatic hydroxyl groups excluding tert-OH is 1. The monoisotopic (exact) mass is 330 g/mol. The first-order chi connectivity index (χ1) is 11.5. The lowest BCUT2D eigenvalue weighted by molar-refractivity contribution is 0.0780. The standard InChI is InChI=1S/C17H22N4O3/c1-11-4-12(5-16(19-11)24-3)17(23)21-8-14(10-22)15(9-21)13-6-18-20(2)7-13/h4-7,14-15,22H,8-10H2,1-3H3/t14-,15-/m0/s1. The Kier molecular flexibility index (Phi) is 4.53. The average molecular weight is 330 g/mol. The summed E-state index contributed by atoms with van der Waals surface area (Å²) in [4.78, 5) is 18.8. The predicted molar refractivity (Wildman–Crippen MR) is 88.0 cm³/mol. The van der Waals surface area contributed by atoms with Crippen molar-refractivity contribution < 1.29 is 14.6 Å². The van der Waals surface area contributed by atoms with Crippen molar-refractivity contribution in [2.75, 3.05) is 26.8 Å². The molecule has 0 aromatic carbocycles. The molecule has 0 spiro atoms. The summed E-state index contributed by atoms with van der Waals surface area (Å²) in [5.74, 6) is 0.476. The van der Waals surface area contributed by atoms with Gasteiger partial charge in [0.15, 0.2) is 0 Å². The highest BCUT2D eigenvalue weighted by molar-refractivity contribution is 5.94. The molecule has 7 heteroatoms. The van der Waals surface area contributed by atoms with Gasteiger partial charge in [-0.25, -0.2) is 4.98 Å². The Morgan fingerprint density at radius 1 is 1.42 bits per heavy atom. The van der Waals surface area contributed by atoms with E-state index in [9.17, 15) is 9.90 Å². The minimum Gasteiger partial charge on any atom is -0.481 e. The Balaban J connectivity index is 1.82. The third-order valence-corrected chi connectivity index (χ3v) is 4.50. The van der Waals surface area contributed by atoms with E-state index in [0.29, 0.717) is 24.5 Å². The minimum absolute atomic E-state index is 0.0166. The highest BCUT2D eigenvalue weighted by atomic mass is 16.5. The Bertz CT molecular complexity index is 743. The average Bonchev–Trinajstić information content (AvgIpc) is 3.19. The van der Waals surface area contributed by atoms with Crippen LogP contribution < -0.4 is 4.74 Å². The molecule has 1 saturated heterocycles. The van der Waals surface area contributed by atoms with Gasteiger partial charge in [0, 0.05) is 62.1 Å². The van der Waals surface area contributed by atoms with Gasteiger partial charge in [0.2, 0.25) is 5.88 Å². The molecule has 1 N–H and O–H groups in total. The van der Waals surface area contributed by atoms with Crippen molar-refractivity contribution in [1.29, 1.82) is 0 Å². The molecule has 2 aromatic heterocycles. The van der Waals surface area contributed by atoms with E-state index >= 15 is 0 Å². The van der Waals surface area contributed by atoms with Gasteiger partial charge < -0.3 is 14.7 Å². The van der Waals surface area contributed by atoms with Gasteiger partial charge in [0.1, 0.15) is 0 Å². The molecule has 1 fully saturated rings. The Morgan fingerprint density at radius 2 is 2.21 bits per heavy atom. The number of hydrogen-bond acceptors (Lipinski definition) is 5. The van der Waals surface area contributed by atoms with Gasteiger partial charge in [-0.2, -0.15) is 5.10 Å². The number of ether oxygens (including phenoxy) is 1. The van der Waals surface area contributed by atoms with Crippen LogP contribution in [0, 0.1) is 12.8 Å². The maximum absolute atomic E-state index is 12.9. The van der Waals surface area contributed by atoms with Crippen molar-refractivity contribution in [2.45, 2.75) is 12.8 Å². The lowest BCUT2D eigenvalue weighted by atomic mass is 9.92. The van der Waals surface area contributed by atoms with E-state index in [2.05, 4.69) is 10.1 Å². The zero-order valence-corrected chi connectivity index (χ0v) is 14.1. The summed E-state index contributed by atoms with van der Waals surface area (Å²) < 4.78 is 6.89. The van der Waals surface area contributed by atoms with Gasteiger partial charge in [-0.3, -0.25) is 9.48 Å². The smallest absolute Gasteiger partial charge is 0.254 e. The molecular formula is C17H22N4O3. The van der Waals surface area contributed by atoms with Gasteiger partial charge in [-0.15, -0.1) is 0 Å². The molecule has 3 rings (SSSR count). The number of pyridine rings is 1. The summed E-state index contributed by atoms with van der Waals surface area (Å²) in [6, 6.07) is 3.41. The zero-order chi connectivity index (χ0) is 17.3. The third kappa shape index (κ3) is 3.12. The number of methoxy groups -OCH3 is 1. The summed E-state index contributed by atoms with van der Waals surface area (Å²) in [6.45, 7) is 2.97. The van der Waals surface area contributed by atoms with Crippen molar-refractivity contribution in [3.8, 4) is 5.88 Å². The predicted octanol–water partition coefficient (Wildman–Crippen LogP) is 0.980. The Hall–Kier alpha value is -2.41. The molecular weight excluding hydrogens is 308 g/mol. The van der Waals surface area contributed by atoms with E-state index in [0.717, 1.165) is 11.3 Å². The number of aromatic nitrogens is 3. The van der Waals surface area contributed by atoms with E-state index in [1.54, 1.807) is 27.9 Å². The van der Waals surface area contributed by atoms with E-state index in [4.69, 9.17) is 4.74 Å². The van der Waals surface area contributed by atoms with E-state index in [-0.39, 0.29) is 24.3 Å². The van der Waals surface area contributed by atoms with Crippen LogP contribution in [-0.2, 0) is 7.05 Å². The van der Waals surface area contributed by atoms with Gasteiger partial charge in [-0.1, -0.05) is 0 Å². The fraction of sp³-hybridized carbons (Fsp3) is 0.471. The second kappa shape index (κ2) is 6.60. The normalized spacial score (nSPS) is 20.4. The number of carbonyl (C=O) groups is 1. The number of rotatable bonds is 4. The minimum atomic E-state index is -0.0661. The number of likely N-dealkylation sites (tertiary alicyclic amines) is 1. The number of amides is 1. The van der Waals surface area contributed by atoms with Crippen molar-refractivity contribution >= 4 is 5.91 Å². The molecule has 2 aromatic rings. The van der Waals surface area contributed by atoms with Crippen molar-refractivity contribution in [1.82, 2.24) is 19.7 Å². The lowest BCUT2D eigenvalue weighted by Crippen LogP contribution is -2.29. The molecule has 24 heavy (non-hydrogen) atoms. The maximum Gasteiger partial charge on any atom is 0.254 e. The molecule has 0 unspecified atom stereocenters. The molecule has 0 radical (unpaired) electrons. The molecule has 128 valence electrons.